The lowest BCUT2D eigenvalue weighted by molar-refractivity contribution is 1.04. The molecule has 0 amide bonds. The van der Waals surface area contributed by atoms with Gasteiger partial charge in [-0.1, -0.05) is 19.1 Å². The molecule has 0 unspecified atom stereocenters. The standard InChI is InChI=1S/C13H13N3S2/c1-2-17-10-5-3-9(4-6-10)13-11(7-14)18-12(8-15)16-13/h3-6H,2,8,15H2,1H3. The lowest BCUT2D eigenvalue weighted by Crippen LogP contribution is -1.94. The average Bonchev–Trinajstić information content (AvgIpc) is 2.83. The van der Waals surface area contributed by atoms with E-state index in [0.717, 1.165) is 22.0 Å². The lowest BCUT2D eigenvalue weighted by Gasteiger charge is -2.01. The molecule has 2 N–H and O–H groups in total. The van der Waals surface area contributed by atoms with E-state index >= 15 is 0 Å². The van der Waals surface area contributed by atoms with Crippen LogP contribution in [-0.4, -0.2) is 10.7 Å². The van der Waals surface area contributed by atoms with E-state index < -0.39 is 0 Å². The number of benzene rings is 1. The van der Waals surface area contributed by atoms with Gasteiger partial charge in [0.05, 0.1) is 5.69 Å². The number of hydrogen-bond donors (Lipinski definition) is 1. The summed E-state index contributed by atoms with van der Waals surface area (Å²) in [6.07, 6.45) is 0. The molecule has 0 radical (unpaired) electrons. The molecule has 5 heteroatoms. The van der Waals surface area contributed by atoms with Gasteiger partial charge in [-0.2, -0.15) is 5.26 Å². The van der Waals surface area contributed by atoms with Gasteiger partial charge in [0.25, 0.3) is 0 Å². The Morgan fingerprint density at radius 2 is 2.11 bits per heavy atom. The molecule has 0 saturated heterocycles. The Hall–Kier alpha value is -1.35. The van der Waals surface area contributed by atoms with Gasteiger partial charge < -0.3 is 5.73 Å². The van der Waals surface area contributed by atoms with Crippen LogP contribution in [0.3, 0.4) is 0 Å². The van der Waals surface area contributed by atoms with Crippen molar-refractivity contribution in [2.45, 2.75) is 18.4 Å². The molecule has 92 valence electrons. The first-order valence-corrected chi connectivity index (χ1v) is 7.41. The minimum Gasteiger partial charge on any atom is -0.325 e. The van der Waals surface area contributed by atoms with Crippen LogP contribution >= 0.6 is 23.1 Å². The Morgan fingerprint density at radius 3 is 2.67 bits per heavy atom. The first-order valence-electron chi connectivity index (χ1n) is 5.61. The number of rotatable bonds is 4. The van der Waals surface area contributed by atoms with Crippen molar-refractivity contribution in [2.24, 2.45) is 5.73 Å². The highest BCUT2D eigenvalue weighted by atomic mass is 32.2. The summed E-state index contributed by atoms with van der Waals surface area (Å²) in [4.78, 5) is 6.27. The number of nitriles is 1. The molecule has 0 aliphatic carbocycles. The molecular formula is C13H13N3S2. The van der Waals surface area contributed by atoms with Crippen LogP contribution in [0.4, 0.5) is 0 Å². The second-order valence-electron chi connectivity index (χ2n) is 3.56. The van der Waals surface area contributed by atoms with Gasteiger partial charge in [-0.15, -0.1) is 23.1 Å². The van der Waals surface area contributed by atoms with Crippen molar-refractivity contribution in [3.63, 3.8) is 0 Å². The number of nitrogens with zero attached hydrogens (tertiary/aromatic N) is 2. The molecule has 0 aliphatic heterocycles. The maximum Gasteiger partial charge on any atom is 0.132 e. The minimum atomic E-state index is 0.378. The number of aromatic nitrogens is 1. The van der Waals surface area contributed by atoms with Crippen molar-refractivity contribution in [1.82, 2.24) is 4.98 Å². The summed E-state index contributed by atoms with van der Waals surface area (Å²) in [6, 6.07) is 10.3. The van der Waals surface area contributed by atoms with Crippen molar-refractivity contribution >= 4 is 23.1 Å². The summed E-state index contributed by atoms with van der Waals surface area (Å²) in [5, 5.41) is 9.90. The van der Waals surface area contributed by atoms with Gasteiger partial charge in [-0.25, -0.2) is 4.98 Å². The lowest BCUT2D eigenvalue weighted by atomic mass is 10.1. The maximum atomic E-state index is 9.10. The molecule has 2 rings (SSSR count). The van der Waals surface area contributed by atoms with Crippen molar-refractivity contribution in [3.05, 3.63) is 34.2 Å². The SMILES string of the molecule is CCSc1ccc(-c2nc(CN)sc2C#N)cc1. The van der Waals surface area contributed by atoms with E-state index in [0.29, 0.717) is 11.4 Å². The summed E-state index contributed by atoms with van der Waals surface area (Å²) in [5.74, 6) is 1.05. The third-order valence-electron chi connectivity index (χ3n) is 2.39. The zero-order chi connectivity index (χ0) is 13.0. The van der Waals surface area contributed by atoms with Gasteiger partial charge in [0.1, 0.15) is 16.0 Å². The molecule has 0 aliphatic rings. The second kappa shape index (κ2) is 6.01. The first kappa shape index (κ1) is 13.1. The predicted molar refractivity (Wildman–Crippen MR) is 76.6 cm³/mol. The molecule has 0 saturated carbocycles. The molecule has 1 aromatic carbocycles. The molecule has 0 spiro atoms. The van der Waals surface area contributed by atoms with E-state index in [4.69, 9.17) is 11.0 Å². The smallest absolute Gasteiger partial charge is 0.132 e. The zero-order valence-electron chi connectivity index (χ0n) is 10.0. The predicted octanol–water partition coefficient (Wildman–Crippen LogP) is 3.25. The highest BCUT2D eigenvalue weighted by Gasteiger charge is 2.11. The largest absolute Gasteiger partial charge is 0.325 e. The summed E-state index contributed by atoms with van der Waals surface area (Å²) in [5.41, 5.74) is 7.28. The summed E-state index contributed by atoms with van der Waals surface area (Å²) in [6.45, 7) is 2.50. The van der Waals surface area contributed by atoms with E-state index in [-0.39, 0.29) is 0 Å². The summed E-state index contributed by atoms with van der Waals surface area (Å²) in [7, 11) is 0. The van der Waals surface area contributed by atoms with Gasteiger partial charge in [0.15, 0.2) is 0 Å². The van der Waals surface area contributed by atoms with E-state index in [1.54, 1.807) is 11.8 Å². The molecule has 0 bridgehead atoms. The Bertz CT molecular complexity index is 567. The van der Waals surface area contributed by atoms with E-state index in [1.165, 1.54) is 16.2 Å². The van der Waals surface area contributed by atoms with Gasteiger partial charge in [-0.05, 0) is 17.9 Å². The number of thiazole rings is 1. The monoisotopic (exact) mass is 275 g/mol. The van der Waals surface area contributed by atoms with Crippen LogP contribution in [0.2, 0.25) is 0 Å². The highest BCUT2D eigenvalue weighted by molar-refractivity contribution is 7.99. The quantitative estimate of drug-likeness (QED) is 0.870. The number of thioether (sulfide) groups is 1. The fourth-order valence-corrected chi connectivity index (χ4v) is 3.02. The maximum absolute atomic E-state index is 9.10. The van der Waals surface area contributed by atoms with Crippen molar-refractivity contribution in [1.29, 1.82) is 5.26 Å². The topological polar surface area (TPSA) is 62.7 Å². The third kappa shape index (κ3) is 2.72. The van der Waals surface area contributed by atoms with Crippen LogP contribution in [0, 0.1) is 11.3 Å². The molecule has 0 fully saturated rings. The average molecular weight is 275 g/mol. The van der Waals surface area contributed by atoms with E-state index in [9.17, 15) is 0 Å². The molecule has 18 heavy (non-hydrogen) atoms. The first-order chi connectivity index (χ1) is 8.78. The third-order valence-corrected chi connectivity index (χ3v) is 4.26. The highest BCUT2D eigenvalue weighted by Crippen LogP contribution is 2.29. The normalized spacial score (nSPS) is 10.3. The molecule has 1 aromatic heterocycles. The van der Waals surface area contributed by atoms with Crippen molar-refractivity contribution in [2.75, 3.05) is 5.75 Å². The van der Waals surface area contributed by atoms with Gasteiger partial charge in [-0.3, -0.25) is 0 Å². The van der Waals surface area contributed by atoms with Crippen molar-refractivity contribution in [3.8, 4) is 17.3 Å². The Balaban J connectivity index is 2.36. The number of hydrogen-bond acceptors (Lipinski definition) is 5. The van der Waals surface area contributed by atoms with Crippen LogP contribution in [0.15, 0.2) is 29.2 Å². The van der Waals surface area contributed by atoms with Gasteiger partial charge >= 0.3 is 0 Å². The fourth-order valence-electron chi connectivity index (χ4n) is 1.60. The molecular weight excluding hydrogens is 262 g/mol. The summed E-state index contributed by atoms with van der Waals surface area (Å²) < 4.78 is 0. The fraction of sp³-hybridized carbons (Fsp3) is 0.231. The Labute approximate surface area is 115 Å². The van der Waals surface area contributed by atoms with Crippen LogP contribution in [0.25, 0.3) is 11.3 Å². The van der Waals surface area contributed by atoms with E-state index in [2.05, 4.69) is 30.1 Å². The van der Waals surface area contributed by atoms with Crippen LogP contribution in [0.1, 0.15) is 16.8 Å². The molecule has 3 nitrogen and oxygen atoms in total. The number of nitrogens with two attached hydrogens (primary N) is 1. The van der Waals surface area contributed by atoms with Crippen molar-refractivity contribution < 1.29 is 0 Å². The van der Waals surface area contributed by atoms with Crippen LogP contribution in [0.5, 0.6) is 0 Å². The Kier molecular flexibility index (Phi) is 4.37. The molecule has 0 atom stereocenters. The zero-order valence-corrected chi connectivity index (χ0v) is 11.6. The summed E-state index contributed by atoms with van der Waals surface area (Å²) >= 11 is 3.16. The molecule has 1 heterocycles. The second-order valence-corrected chi connectivity index (χ2v) is 5.98. The van der Waals surface area contributed by atoms with Crippen LogP contribution in [-0.2, 0) is 6.54 Å². The molecule has 2 aromatic rings. The van der Waals surface area contributed by atoms with Gasteiger partial charge in [0, 0.05) is 17.0 Å². The van der Waals surface area contributed by atoms with Gasteiger partial charge in [0.2, 0.25) is 0 Å². The van der Waals surface area contributed by atoms with E-state index in [1.807, 2.05) is 12.1 Å². The Morgan fingerprint density at radius 1 is 1.39 bits per heavy atom. The van der Waals surface area contributed by atoms with Crippen LogP contribution < -0.4 is 5.73 Å². The minimum absolute atomic E-state index is 0.378.